The Labute approximate surface area is 212 Å². The van der Waals surface area contributed by atoms with Crippen molar-refractivity contribution in [3.63, 3.8) is 0 Å². The fraction of sp³-hybridized carbons (Fsp3) is 0.115. The normalized spacial score (nSPS) is 16.8. The molecular weight excluding hydrogens is 489 g/mol. The van der Waals surface area contributed by atoms with E-state index < -0.39 is 11.2 Å². The summed E-state index contributed by atoms with van der Waals surface area (Å²) >= 11 is 13.7. The Balaban J connectivity index is 1.67. The van der Waals surface area contributed by atoms with Crippen LogP contribution in [0.4, 0.5) is 5.69 Å². The average Bonchev–Trinajstić information content (AvgIpc) is 3.17. The first kappa shape index (κ1) is 23.9. The number of halogens is 2. The molecule has 3 aromatic carbocycles. The zero-order chi connectivity index (χ0) is 24.1. The third kappa shape index (κ3) is 5.13. The molecule has 0 saturated carbocycles. The van der Waals surface area contributed by atoms with Gasteiger partial charge in [0.2, 0.25) is 5.91 Å². The molecule has 1 aliphatic heterocycles. The van der Waals surface area contributed by atoms with Gasteiger partial charge in [0.25, 0.3) is 5.91 Å². The van der Waals surface area contributed by atoms with Crippen LogP contribution in [0.2, 0.25) is 10.0 Å². The topological polar surface area (TPSA) is 73.2 Å². The summed E-state index contributed by atoms with van der Waals surface area (Å²) in [4.78, 5) is 27.9. The predicted molar refractivity (Wildman–Crippen MR) is 136 cm³/mol. The molecule has 170 valence electrons. The highest BCUT2D eigenvalue weighted by molar-refractivity contribution is 8.05. The Kier molecular flexibility index (Phi) is 7.59. The van der Waals surface area contributed by atoms with E-state index in [0.29, 0.717) is 27.2 Å². The number of benzene rings is 3. The number of anilines is 1. The van der Waals surface area contributed by atoms with Crippen molar-refractivity contribution in [3.8, 4) is 6.07 Å². The van der Waals surface area contributed by atoms with Crippen LogP contribution in [0, 0.1) is 11.3 Å². The lowest BCUT2D eigenvalue weighted by atomic mass is 10.1. The van der Waals surface area contributed by atoms with Crippen LogP contribution in [0.1, 0.15) is 11.1 Å². The fourth-order valence-electron chi connectivity index (χ4n) is 3.57. The molecule has 0 bridgehead atoms. The van der Waals surface area contributed by atoms with Crippen LogP contribution in [0.25, 0.3) is 0 Å². The molecular formula is C26H19Cl2N3O2S. The van der Waals surface area contributed by atoms with E-state index in [0.717, 1.165) is 11.1 Å². The maximum Gasteiger partial charge on any atom is 0.264 e. The van der Waals surface area contributed by atoms with Crippen LogP contribution in [-0.4, -0.2) is 17.1 Å². The standard InChI is InChI=1S/C26H19Cl2N3O2S/c27-21-13-7-10-18(23(21)28)14-22-25(33)31(19-11-5-2-6-12-19)26(34-22)20(15-29)24(32)30-16-17-8-3-1-4-9-17/h1-13,22H,14,16H2,(H,30,32)/b26-20+/t22-/m0/s1. The summed E-state index contributed by atoms with van der Waals surface area (Å²) in [7, 11) is 0. The van der Waals surface area contributed by atoms with Crippen LogP contribution < -0.4 is 10.2 Å². The van der Waals surface area contributed by atoms with E-state index in [9.17, 15) is 14.9 Å². The minimum Gasteiger partial charge on any atom is -0.347 e. The van der Waals surface area contributed by atoms with Gasteiger partial charge in [-0.25, -0.2) is 0 Å². The molecule has 3 aromatic rings. The van der Waals surface area contributed by atoms with Gasteiger partial charge in [-0.05, 0) is 35.7 Å². The zero-order valence-electron chi connectivity index (χ0n) is 17.9. The summed E-state index contributed by atoms with van der Waals surface area (Å²) in [5.74, 6) is -0.769. The molecule has 8 heteroatoms. The van der Waals surface area contributed by atoms with E-state index in [2.05, 4.69) is 5.32 Å². The van der Waals surface area contributed by atoms with Crippen LogP contribution >= 0.6 is 35.0 Å². The molecule has 0 unspecified atom stereocenters. The van der Waals surface area contributed by atoms with Crippen LogP contribution in [0.5, 0.6) is 0 Å². The number of nitrogens with one attached hydrogen (secondary N) is 1. The molecule has 0 aliphatic carbocycles. The van der Waals surface area contributed by atoms with Gasteiger partial charge in [-0.15, -0.1) is 0 Å². The lowest BCUT2D eigenvalue weighted by molar-refractivity contribution is -0.117. The first-order valence-corrected chi connectivity index (χ1v) is 12.1. The summed E-state index contributed by atoms with van der Waals surface area (Å²) < 4.78 is 0. The van der Waals surface area contributed by atoms with Crippen molar-refractivity contribution < 1.29 is 9.59 Å². The SMILES string of the molecule is N#C/C(C(=O)NCc1ccccc1)=C1\S[C@@H](Cc2cccc(Cl)c2Cl)C(=O)N1c1ccccc1. The number of hydrogen-bond donors (Lipinski definition) is 1. The Morgan fingerprint density at radius 1 is 1.00 bits per heavy atom. The Morgan fingerprint density at radius 3 is 2.35 bits per heavy atom. The maximum absolute atomic E-state index is 13.5. The van der Waals surface area contributed by atoms with Gasteiger partial charge < -0.3 is 5.32 Å². The summed E-state index contributed by atoms with van der Waals surface area (Å²) in [6, 6.07) is 25.7. The lowest BCUT2D eigenvalue weighted by Gasteiger charge is -2.18. The molecule has 1 atom stereocenters. The van der Waals surface area contributed by atoms with E-state index >= 15 is 0 Å². The van der Waals surface area contributed by atoms with Crippen LogP contribution in [0.15, 0.2) is 89.5 Å². The quantitative estimate of drug-likeness (QED) is 0.341. The first-order valence-electron chi connectivity index (χ1n) is 10.4. The van der Waals surface area contributed by atoms with E-state index in [1.165, 1.54) is 16.7 Å². The molecule has 0 aromatic heterocycles. The molecule has 1 N–H and O–H groups in total. The van der Waals surface area contributed by atoms with Gasteiger partial charge in [-0.1, -0.05) is 95.6 Å². The predicted octanol–water partition coefficient (Wildman–Crippen LogP) is 5.74. The molecule has 4 rings (SSSR count). The van der Waals surface area contributed by atoms with Gasteiger partial charge in [0.1, 0.15) is 16.7 Å². The summed E-state index contributed by atoms with van der Waals surface area (Å²) in [6.07, 6.45) is 0.306. The third-order valence-electron chi connectivity index (χ3n) is 5.25. The summed E-state index contributed by atoms with van der Waals surface area (Å²) in [5.41, 5.74) is 2.10. The minimum absolute atomic E-state index is 0.113. The fourth-order valence-corrected chi connectivity index (χ4v) is 5.26. The highest BCUT2D eigenvalue weighted by Gasteiger charge is 2.41. The van der Waals surface area contributed by atoms with Gasteiger partial charge in [0.05, 0.1) is 15.3 Å². The number of amides is 2. The molecule has 5 nitrogen and oxygen atoms in total. The molecule has 1 aliphatic rings. The van der Waals surface area contributed by atoms with E-state index in [1.54, 1.807) is 36.4 Å². The van der Waals surface area contributed by atoms with Crippen LogP contribution in [0.3, 0.4) is 0 Å². The second-order valence-corrected chi connectivity index (χ2v) is 9.47. The van der Waals surface area contributed by atoms with Crippen molar-refractivity contribution in [2.24, 2.45) is 0 Å². The number of thioether (sulfide) groups is 1. The second kappa shape index (κ2) is 10.8. The molecule has 1 fully saturated rings. The van der Waals surface area contributed by atoms with Crippen molar-refractivity contribution in [1.29, 1.82) is 5.26 Å². The van der Waals surface area contributed by atoms with Crippen molar-refractivity contribution in [2.75, 3.05) is 4.90 Å². The highest BCUT2D eigenvalue weighted by Crippen LogP contribution is 2.42. The largest absolute Gasteiger partial charge is 0.347 e. The molecule has 2 amide bonds. The molecule has 1 saturated heterocycles. The average molecular weight is 508 g/mol. The van der Waals surface area contributed by atoms with Crippen molar-refractivity contribution >= 4 is 52.5 Å². The van der Waals surface area contributed by atoms with Crippen molar-refractivity contribution in [3.05, 3.63) is 111 Å². The summed E-state index contributed by atoms with van der Waals surface area (Å²) in [5, 5.41) is 13.2. The number of carbonyl (C=O) groups excluding carboxylic acids is 2. The Hall–Kier alpha value is -3.24. The highest BCUT2D eigenvalue weighted by atomic mass is 35.5. The van der Waals surface area contributed by atoms with Gasteiger partial charge in [-0.2, -0.15) is 5.26 Å². The minimum atomic E-state index is -0.573. The Bertz CT molecular complexity index is 1290. The van der Waals surface area contributed by atoms with E-state index in [1.807, 2.05) is 48.5 Å². The molecule has 1 heterocycles. The van der Waals surface area contributed by atoms with Crippen molar-refractivity contribution in [2.45, 2.75) is 18.2 Å². The number of rotatable bonds is 6. The van der Waals surface area contributed by atoms with Gasteiger partial charge in [0.15, 0.2) is 0 Å². The number of para-hydroxylation sites is 1. The molecule has 34 heavy (non-hydrogen) atoms. The van der Waals surface area contributed by atoms with Gasteiger partial charge >= 0.3 is 0 Å². The monoisotopic (exact) mass is 507 g/mol. The number of nitrogens with zero attached hydrogens (tertiary/aromatic N) is 2. The van der Waals surface area contributed by atoms with Crippen molar-refractivity contribution in [1.82, 2.24) is 5.32 Å². The van der Waals surface area contributed by atoms with E-state index in [-0.39, 0.29) is 18.0 Å². The van der Waals surface area contributed by atoms with Crippen LogP contribution in [-0.2, 0) is 22.6 Å². The third-order valence-corrected chi connectivity index (χ3v) is 7.37. The van der Waals surface area contributed by atoms with E-state index in [4.69, 9.17) is 23.2 Å². The van der Waals surface area contributed by atoms with Gasteiger partial charge in [-0.3, -0.25) is 14.5 Å². The number of hydrogen-bond acceptors (Lipinski definition) is 4. The molecule has 0 spiro atoms. The first-order chi connectivity index (χ1) is 16.5. The lowest BCUT2D eigenvalue weighted by Crippen LogP contribution is -2.32. The Morgan fingerprint density at radius 2 is 1.68 bits per heavy atom. The maximum atomic E-state index is 13.5. The molecule has 0 radical (unpaired) electrons. The number of carbonyl (C=O) groups is 2. The summed E-state index contributed by atoms with van der Waals surface area (Å²) in [6.45, 7) is 0.267. The zero-order valence-corrected chi connectivity index (χ0v) is 20.2. The smallest absolute Gasteiger partial charge is 0.264 e. The van der Waals surface area contributed by atoms with Gasteiger partial charge in [0, 0.05) is 12.2 Å². The number of nitriles is 1. The second-order valence-electron chi connectivity index (χ2n) is 7.49.